The van der Waals surface area contributed by atoms with Crippen LogP contribution >= 0.6 is 11.6 Å². The predicted octanol–water partition coefficient (Wildman–Crippen LogP) is -1.64. The zero-order valence-corrected chi connectivity index (χ0v) is 16.4. The van der Waals surface area contributed by atoms with E-state index in [1.165, 1.54) is 0 Å². The molecular formula is C15H17B4ClN6O. The third-order valence-electron chi connectivity index (χ3n) is 5.29. The van der Waals surface area contributed by atoms with Crippen molar-refractivity contribution in [3.05, 3.63) is 53.6 Å². The topological polar surface area (TPSA) is 96.5 Å². The van der Waals surface area contributed by atoms with Crippen molar-refractivity contribution >= 4 is 54.7 Å². The highest BCUT2D eigenvalue weighted by atomic mass is 35.5. The number of H-pyrrole nitrogens is 1. The number of hydrogen-bond acceptors (Lipinski definition) is 5. The minimum atomic E-state index is -0.730. The van der Waals surface area contributed by atoms with Crippen LogP contribution in [0.4, 0.5) is 5.82 Å². The summed E-state index contributed by atoms with van der Waals surface area (Å²) in [6, 6.07) is 7.20. The molecule has 1 amide bonds. The smallest absolute Gasteiger partial charge is 0.215 e. The van der Waals surface area contributed by atoms with E-state index in [9.17, 15) is 4.79 Å². The van der Waals surface area contributed by atoms with Crippen molar-refractivity contribution in [2.45, 2.75) is 10.4 Å². The number of hydrogen-bond donors (Lipinski definition) is 2. The summed E-state index contributed by atoms with van der Waals surface area (Å²) in [6.07, 6.45) is 4.92. The Balaban J connectivity index is 1.80. The van der Waals surface area contributed by atoms with E-state index in [4.69, 9.17) is 11.6 Å². The molecule has 0 aliphatic heterocycles. The quantitative estimate of drug-likeness (QED) is 0.411. The van der Waals surface area contributed by atoms with E-state index >= 15 is 0 Å². The number of aromatic amines is 1. The van der Waals surface area contributed by atoms with Crippen molar-refractivity contribution < 1.29 is 4.79 Å². The van der Waals surface area contributed by atoms with Gasteiger partial charge in [-0.3, -0.25) is 9.89 Å². The summed E-state index contributed by atoms with van der Waals surface area (Å²) >= 11 is 5.89. The van der Waals surface area contributed by atoms with Crippen LogP contribution in [0.15, 0.2) is 42.9 Å². The van der Waals surface area contributed by atoms with E-state index in [0.29, 0.717) is 16.7 Å². The lowest BCUT2D eigenvalue weighted by molar-refractivity contribution is -0.117. The third-order valence-corrected chi connectivity index (χ3v) is 5.51. The van der Waals surface area contributed by atoms with E-state index < -0.39 is 10.4 Å². The SMILES string of the molecule is BC(B)(C(=O)Nc1cc(-c2ccnnc2)n[nH]1)C(B)(B)c1ccc(Cl)nc1. The van der Waals surface area contributed by atoms with Crippen molar-refractivity contribution in [1.82, 2.24) is 25.4 Å². The van der Waals surface area contributed by atoms with Gasteiger partial charge in [-0.1, -0.05) is 22.9 Å². The van der Waals surface area contributed by atoms with Gasteiger partial charge < -0.3 is 5.32 Å². The second kappa shape index (κ2) is 7.23. The molecule has 12 heteroatoms. The van der Waals surface area contributed by atoms with Crippen molar-refractivity contribution in [2.24, 2.45) is 0 Å². The number of carbonyl (C=O) groups is 1. The molecule has 2 N–H and O–H groups in total. The highest BCUT2D eigenvalue weighted by Gasteiger charge is 2.43. The Kier molecular flexibility index (Phi) is 5.15. The number of carbonyl (C=O) groups excluding carboxylic acids is 1. The average molecular weight is 376 g/mol. The number of anilines is 1. The second-order valence-electron chi connectivity index (χ2n) is 7.37. The summed E-state index contributed by atoms with van der Waals surface area (Å²) < 4.78 is 0. The van der Waals surface area contributed by atoms with Crippen LogP contribution in [0.5, 0.6) is 0 Å². The molecule has 0 saturated heterocycles. The first-order valence-electron chi connectivity index (χ1n) is 8.48. The van der Waals surface area contributed by atoms with E-state index in [2.05, 4.69) is 30.7 Å². The van der Waals surface area contributed by atoms with Gasteiger partial charge in [0.25, 0.3) is 0 Å². The standard InChI is InChI=1S/C15H17B4ClN6O/c16-14(17,9-1-2-11(20)21-7-9)15(18,19)13(27)24-12-5-10(25-26-12)8-3-4-22-23-6-8/h1-7H,16-19H2,(H2,24,25,26,27). The fourth-order valence-electron chi connectivity index (χ4n) is 2.64. The lowest BCUT2D eigenvalue weighted by Crippen LogP contribution is -2.50. The molecule has 27 heavy (non-hydrogen) atoms. The van der Waals surface area contributed by atoms with E-state index in [-0.39, 0.29) is 5.91 Å². The Morgan fingerprint density at radius 3 is 2.52 bits per heavy atom. The van der Waals surface area contributed by atoms with Gasteiger partial charge in [0.15, 0.2) is 0 Å². The van der Waals surface area contributed by atoms with Gasteiger partial charge in [0, 0.05) is 17.8 Å². The summed E-state index contributed by atoms with van der Waals surface area (Å²) in [5, 5.41) is 16.8. The second-order valence-corrected chi connectivity index (χ2v) is 7.76. The lowest BCUT2D eigenvalue weighted by Gasteiger charge is -2.41. The Morgan fingerprint density at radius 2 is 1.89 bits per heavy atom. The maximum Gasteiger partial charge on any atom is 0.215 e. The highest BCUT2D eigenvalue weighted by molar-refractivity contribution is 6.62. The van der Waals surface area contributed by atoms with Gasteiger partial charge in [0.05, 0.1) is 18.1 Å². The molecule has 0 saturated carbocycles. The van der Waals surface area contributed by atoms with Gasteiger partial charge in [-0.05, 0) is 22.9 Å². The molecule has 0 spiro atoms. The Bertz CT molecular complexity index is 948. The number of amides is 1. The Morgan fingerprint density at radius 1 is 1.11 bits per heavy atom. The maximum atomic E-state index is 13.0. The number of pyridine rings is 1. The van der Waals surface area contributed by atoms with Crippen LogP contribution in [-0.2, 0) is 10.0 Å². The molecule has 132 valence electrons. The van der Waals surface area contributed by atoms with Gasteiger partial charge in [-0.2, -0.15) is 15.3 Å². The molecular weight excluding hydrogens is 359 g/mol. The Labute approximate surface area is 165 Å². The van der Waals surface area contributed by atoms with Gasteiger partial charge >= 0.3 is 0 Å². The largest absolute Gasteiger partial charge is 0.312 e. The molecule has 0 unspecified atom stereocenters. The van der Waals surface area contributed by atoms with Crippen LogP contribution in [0.2, 0.25) is 10.4 Å². The van der Waals surface area contributed by atoms with Gasteiger partial charge in [-0.15, -0.1) is 0 Å². The summed E-state index contributed by atoms with van der Waals surface area (Å²) in [5.74, 6) is 0.385. The van der Waals surface area contributed by atoms with Gasteiger partial charge in [-0.25, -0.2) is 4.98 Å². The van der Waals surface area contributed by atoms with Crippen LogP contribution in [0.1, 0.15) is 5.56 Å². The molecule has 0 aromatic carbocycles. The number of aromatic nitrogens is 5. The van der Waals surface area contributed by atoms with Gasteiger partial charge in [0.2, 0.25) is 5.91 Å². The minimum Gasteiger partial charge on any atom is -0.312 e. The minimum absolute atomic E-state index is 0.134. The van der Waals surface area contributed by atoms with Crippen LogP contribution in [-0.4, -0.2) is 62.7 Å². The number of rotatable bonds is 5. The van der Waals surface area contributed by atoms with E-state index in [1.807, 2.05) is 37.5 Å². The molecule has 0 radical (unpaired) electrons. The number of halogens is 1. The molecule has 3 aromatic rings. The Hall–Kier alpha value is -2.54. The average Bonchev–Trinajstić information content (AvgIpc) is 3.11. The molecule has 0 fully saturated rings. The monoisotopic (exact) mass is 376 g/mol. The van der Waals surface area contributed by atoms with E-state index in [0.717, 1.165) is 11.1 Å². The summed E-state index contributed by atoms with van der Waals surface area (Å²) in [7, 11) is 7.83. The fourth-order valence-corrected chi connectivity index (χ4v) is 2.76. The number of nitrogens with one attached hydrogen (secondary N) is 2. The van der Waals surface area contributed by atoms with Crippen molar-refractivity contribution in [1.29, 1.82) is 0 Å². The van der Waals surface area contributed by atoms with Crippen molar-refractivity contribution in [2.75, 3.05) is 5.32 Å². The summed E-state index contributed by atoms with van der Waals surface area (Å²) in [6.45, 7) is 0. The highest BCUT2D eigenvalue weighted by Crippen LogP contribution is 2.39. The molecule has 0 aliphatic rings. The molecule has 0 aliphatic carbocycles. The van der Waals surface area contributed by atoms with Crippen molar-refractivity contribution in [3.8, 4) is 11.3 Å². The van der Waals surface area contributed by atoms with Crippen LogP contribution < -0.4 is 5.32 Å². The lowest BCUT2D eigenvalue weighted by atomic mass is 9.28. The fraction of sp³-hybridized carbons (Fsp3) is 0.133. The molecule has 3 heterocycles. The zero-order valence-electron chi connectivity index (χ0n) is 15.6. The zero-order chi connectivity index (χ0) is 19.7. The molecule has 0 atom stereocenters. The van der Waals surface area contributed by atoms with Crippen LogP contribution in [0, 0.1) is 0 Å². The van der Waals surface area contributed by atoms with E-state index in [1.54, 1.807) is 36.8 Å². The molecule has 3 aromatic heterocycles. The first-order valence-corrected chi connectivity index (χ1v) is 8.85. The third kappa shape index (κ3) is 3.78. The van der Waals surface area contributed by atoms with Crippen molar-refractivity contribution in [3.63, 3.8) is 0 Å². The molecule has 3 rings (SSSR count). The summed E-state index contributed by atoms with van der Waals surface area (Å²) in [5.41, 5.74) is 2.42. The maximum absolute atomic E-state index is 13.0. The predicted molar refractivity (Wildman–Crippen MR) is 116 cm³/mol. The summed E-state index contributed by atoms with van der Waals surface area (Å²) in [4.78, 5) is 17.2. The van der Waals surface area contributed by atoms with Crippen LogP contribution in [0.3, 0.4) is 0 Å². The molecule has 0 bridgehead atoms. The molecule has 7 nitrogen and oxygen atoms in total. The number of nitrogens with zero attached hydrogens (tertiary/aromatic N) is 4. The normalized spacial score (nSPS) is 11.9. The van der Waals surface area contributed by atoms with Crippen LogP contribution in [0.25, 0.3) is 11.3 Å². The first kappa shape index (κ1) is 19.2. The first-order chi connectivity index (χ1) is 12.7. The van der Waals surface area contributed by atoms with Gasteiger partial charge in [0.1, 0.15) is 42.4 Å².